The molecule has 23 heteroatoms. The van der Waals surface area contributed by atoms with Gasteiger partial charge in [0.15, 0.2) is 40.5 Å². The smallest absolute Gasteiger partial charge is 0.187 e. The molecule has 0 aliphatic carbocycles. The number of pyridine rings is 7. The first-order valence-electron chi connectivity index (χ1n) is 37.9. The van der Waals surface area contributed by atoms with E-state index in [4.69, 9.17) is 11.6 Å². The predicted molar refractivity (Wildman–Crippen MR) is 475 cm³/mol. The van der Waals surface area contributed by atoms with Gasteiger partial charge in [-0.25, -0.2) is 0 Å². The van der Waals surface area contributed by atoms with Gasteiger partial charge < -0.3 is 42.1 Å². The molecule has 606 valence electrons. The van der Waals surface area contributed by atoms with Crippen LogP contribution in [0.1, 0.15) is 139 Å². The molecule has 118 heavy (non-hydrogen) atoms. The monoisotopic (exact) mass is 1600 g/mol. The zero-order valence-electron chi connectivity index (χ0n) is 67.6. The summed E-state index contributed by atoms with van der Waals surface area (Å²) >= 11 is 5.97. The number of hydrogen-bond donors (Lipinski definition) is 7. The molecule has 11 aromatic rings. The summed E-state index contributed by atoms with van der Waals surface area (Å²) in [5.41, 5.74) is 9.42. The van der Waals surface area contributed by atoms with Gasteiger partial charge in [-0.15, -0.1) is 0 Å². The zero-order chi connectivity index (χ0) is 85.1. The number of para-hydroxylation sites is 2. The van der Waals surface area contributed by atoms with Crippen LogP contribution in [-0.4, -0.2) is 108 Å². The Bertz CT molecular complexity index is 4930. The number of allylic oxidation sites excluding steroid dienone is 7. The summed E-state index contributed by atoms with van der Waals surface area (Å²) in [7, 11) is 3.99. The van der Waals surface area contributed by atoms with E-state index in [0.717, 1.165) is 48.6 Å². The lowest BCUT2D eigenvalue weighted by Crippen LogP contribution is -2.31. The van der Waals surface area contributed by atoms with Crippen LogP contribution in [0.15, 0.2) is 367 Å². The largest absolute Gasteiger partial charge is 0.391 e. The molecular formula is C95H102ClN15O7. The Kier molecular flexibility index (Phi) is 45.2. The third kappa shape index (κ3) is 41.3. The number of halogens is 1. The summed E-state index contributed by atoms with van der Waals surface area (Å²) < 4.78 is 0. The summed E-state index contributed by atoms with van der Waals surface area (Å²) in [6.45, 7) is 14.0. The molecule has 0 amide bonds. The summed E-state index contributed by atoms with van der Waals surface area (Å²) in [5.74, 6) is -0.237. The average Bonchev–Trinajstić information content (AvgIpc) is 0.904. The van der Waals surface area contributed by atoms with Crippen molar-refractivity contribution in [2.24, 2.45) is 0 Å². The fraction of sp³-hybridized carbons (Fsp3) is 0.158. The van der Waals surface area contributed by atoms with E-state index in [1.165, 1.54) is 35.9 Å². The van der Waals surface area contributed by atoms with Gasteiger partial charge in [-0.1, -0.05) is 92.5 Å². The topological polar surface area (TPSA) is 297 Å². The van der Waals surface area contributed by atoms with Crippen LogP contribution in [0, 0.1) is 0 Å². The molecule has 0 aliphatic rings. The minimum atomic E-state index is -0.0862. The van der Waals surface area contributed by atoms with Crippen molar-refractivity contribution in [1.82, 2.24) is 56.2 Å². The second-order valence-corrected chi connectivity index (χ2v) is 26.7. The summed E-state index contributed by atoms with van der Waals surface area (Å²) in [6.07, 6.45) is 48.0. The number of nitrogens with zero attached hydrogens (tertiary/aromatic N) is 8. The summed E-state index contributed by atoms with van der Waals surface area (Å²) in [4.78, 5) is 111. The maximum Gasteiger partial charge on any atom is 0.187 e. The minimum Gasteiger partial charge on any atom is -0.391 e. The highest BCUT2D eigenvalue weighted by atomic mass is 35.5. The number of benzene rings is 4. The molecule has 11 rings (SSSR count). The molecule has 7 N–H and O–H groups in total. The molecule has 0 fully saturated rings. The molecule has 1 atom stereocenters. The Morgan fingerprint density at radius 1 is 0.373 bits per heavy atom. The molecule has 7 heterocycles. The van der Waals surface area contributed by atoms with E-state index in [1.54, 1.807) is 233 Å². The highest BCUT2D eigenvalue weighted by Gasteiger charge is 2.08. The molecule has 0 aliphatic heterocycles. The van der Waals surface area contributed by atoms with Gasteiger partial charge in [0.2, 0.25) is 0 Å². The fourth-order valence-electron chi connectivity index (χ4n) is 9.07. The standard InChI is InChI=1S/C16H17N3O.C15H14N2O.C14H11ClN2O.C14H12N2O.3C12H16N2O/c1-19(2)15-5-3-14(4-6-15)18-12-9-16(20)13-7-10-17-11-8-13;18-15(14-6-9-16-10-7-14)8-11-17-12-13-4-2-1-3-5-13;15-12-3-1-2-4-13(12)17-10-7-14(18)11-5-8-16-9-6-11;17-14(12-6-9-15-10-7-12)8-11-16-13-4-2-1-3-5-13;1-12(2,3)14-9-6-11(15)10-4-7-13-8-5-10;1-3-10(2)14-9-6-12(15)11-4-7-13-8-5-11;1-2-3-7-13-10-6-12(15)11-4-8-14-9-5-11/h3-12,18H,1-2H3;1-11,17H,12H2;1-10,17H;1-11,16H;4-9,14H,1-3H3;4-10,14H,3H2,1-2H3;4-6,8-10,13H,2-3,7H2,1H3/b12-9-;11-8-;10-7-;11-8-;2*9-6-;10-6-. The number of ketones is 7. The molecule has 0 saturated carbocycles. The van der Waals surface area contributed by atoms with E-state index in [9.17, 15) is 33.6 Å². The average molecular weight is 1600 g/mol. The van der Waals surface area contributed by atoms with E-state index in [0.29, 0.717) is 56.6 Å². The predicted octanol–water partition coefficient (Wildman–Crippen LogP) is 18.5. The Balaban J connectivity index is 0.000000246. The van der Waals surface area contributed by atoms with E-state index >= 15 is 0 Å². The summed E-state index contributed by atoms with van der Waals surface area (Å²) in [5, 5.41) is 22.1. The Hall–Kier alpha value is -14.5. The van der Waals surface area contributed by atoms with Gasteiger partial charge in [0.25, 0.3) is 0 Å². The van der Waals surface area contributed by atoms with Crippen molar-refractivity contribution in [2.45, 2.75) is 78.9 Å². The van der Waals surface area contributed by atoms with Gasteiger partial charge in [-0.05, 0) is 180 Å². The van der Waals surface area contributed by atoms with Gasteiger partial charge in [0.05, 0.1) is 10.7 Å². The number of anilines is 4. The number of rotatable bonds is 32. The molecule has 22 nitrogen and oxygen atoms in total. The van der Waals surface area contributed by atoms with Crippen molar-refractivity contribution < 1.29 is 33.6 Å². The third-order valence-electron chi connectivity index (χ3n) is 15.7. The van der Waals surface area contributed by atoms with Crippen LogP contribution in [0.2, 0.25) is 5.02 Å². The molecule has 0 bridgehead atoms. The highest BCUT2D eigenvalue weighted by molar-refractivity contribution is 6.33. The highest BCUT2D eigenvalue weighted by Crippen LogP contribution is 2.21. The second-order valence-electron chi connectivity index (χ2n) is 26.3. The number of hydrogen-bond acceptors (Lipinski definition) is 22. The first-order valence-corrected chi connectivity index (χ1v) is 38.3. The van der Waals surface area contributed by atoms with Crippen molar-refractivity contribution >= 4 is 74.8 Å². The SMILES string of the molecule is CC(C)(C)N/C=C\C(=O)c1ccncc1.CCC(C)N/C=C\C(=O)c1ccncc1.CCCCN/C=C\C(=O)c1ccncc1.CN(C)c1ccc(N/C=C\C(=O)c2ccncc2)cc1.O=C(/C=C\NCc1ccccc1)c1ccncc1.O=C(/C=C\Nc1ccccc1)c1ccncc1.O=C(/C=C\Nc1ccccc1Cl)c1ccncc1. The molecule has 0 saturated heterocycles. The maximum absolute atomic E-state index is 11.8. The number of aromatic nitrogens is 7. The minimum absolute atomic E-state index is 0.00129. The number of carbonyl (C=O) groups excluding carboxylic acids is 7. The zero-order valence-corrected chi connectivity index (χ0v) is 68.3. The molecule has 0 radical (unpaired) electrons. The van der Waals surface area contributed by atoms with Gasteiger partial charge in [-0.2, -0.15) is 0 Å². The van der Waals surface area contributed by atoms with Crippen molar-refractivity contribution in [3.8, 4) is 0 Å². The lowest BCUT2D eigenvalue weighted by atomic mass is 10.1. The van der Waals surface area contributed by atoms with Crippen LogP contribution in [0.3, 0.4) is 0 Å². The lowest BCUT2D eigenvalue weighted by Gasteiger charge is -2.18. The number of nitrogens with one attached hydrogen (secondary N) is 7. The molecule has 0 spiro atoms. The lowest BCUT2D eigenvalue weighted by molar-refractivity contribution is 0.103. The van der Waals surface area contributed by atoms with Crippen molar-refractivity contribution in [3.05, 3.63) is 416 Å². The van der Waals surface area contributed by atoms with Crippen LogP contribution in [0.25, 0.3) is 0 Å². The van der Waals surface area contributed by atoms with Crippen molar-refractivity contribution in [1.29, 1.82) is 0 Å². The van der Waals surface area contributed by atoms with E-state index in [1.807, 2.05) is 143 Å². The van der Waals surface area contributed by atoms with E-state index < -0.39 is 0 Å². The normalized spacial score (nSPS) is 10.9. The van der Waals surface area contributed by atoms with Crippen LogP contribution >= 0.6 is 11.6 Å². The summed E-state index contributed by atoms with van der Waals surface area (Å²) in [6, 6.07) is 59.1. The molecular weight excluding hydrogens is 1500 g/mol. The first kappa shape index (κ1) is 94.1. The Morgan fingerprint density at radius 2 is 0.686 bits per heavy atom. The third-order valence-corrected chi connectivity index (χ3v) is 16.1. The quantitative estimate of drug-likeness (QED) is 0.0117. The van der Waals surface area contributed by atoms with E-state index in [2.05, 4.69) is 92.9 Å². The molecule has 1 unspecified atom stereocenters. The Labute approximate surface area is 697 Å². The van der Waals surface area contributed by atoms with Crippen LogP contribution in [0.5, 0.6) is 0 Å². The van der Waals surface area contributed by atoms with Crippen molar-refractivity contribution in [2.75, 3.05) is 41.5 Å². The number of carbonyl (C=O) groups is 7. The molecule has 7 aromatic heterocycles. The fourth-order valence-corrected chi connectivity index (χ4v) is 9.26. The Morgan fingerprint density at radius 3 is 1.03 bits per heavy atom. The number of unbranched alkanes of at least 4 members (excludes halogenated alkanes) is 1. The van der Waals surface area contributed by atoms with Gasteiger partial charge in [-0.3, -0.25) is 68.4 Å². The van der Waals surface area contributed by atoms with Crippen LogP contribution < -0.4 is 42.1 Å². The van der Waals surface area contributed by atoms with Crippen LogP contribution in [0.4, 0.5) is 22.7 Å². The molecule has 4 aromatic carbocycles. The maximum atomic E-state index is 11.8. The first-order chi connectivity index (χ1) is 57.2. The second kappa shape index (κ2) is 56.7. The van der Waals surface area contributed by atoms with Gasteiger partial charge in [0.1, 0.15) is 0 Å². The van der Waals surface area contributed by atoms with Gasteiger partial charge >= 0.3 is 0 Å². The van der Waals surface area contributed by atoms with Crippen molar-refractivity contribution in [3.63, 3.8) is 0 Å². The van der Waals surface area contributed by atoms with Crippen LogP contribution in [-0.2, 0) is 6.54 Å². The van der Waals surface area contributed by atoms with E-state index in [-0.39, 0.29) is 46.0 Å². The van der Waals surface area contributed by atoms with Gasteiger partial charge in [0, 0.05) is 267 Å².